The van der Waals surface area contributed by atoms with Crippen LogP contribution in [0, 0.1) is 12.8 Å². The number of likely N-dealkylation sites (tertiary alicyclic amines) is 1. The number of hydrogen-bond acceptors (Lipinski definition) is 6. The Hall–Kier alpha value is -3.11. The summed E-state index contributed by atoms with van der Waals surface area (Å²) in [5.74, 6) is -0.928. The van der Waals surface area contributed by atoms with E-state index in [4.69, 9.17) is 0 Å². The fraction of sp³-hybridized carbons (Fsp3) is 0.440. The Morgan fingerprint density at radius 3 is 2.51 bits per heavy atom. The predicted octanol–water partition coefficient (Wildman–Crippen LogP) is 1.78. The normalized spacial score (nSPS) is 21.3. The molecule has 0 aliphatic carbocycles. The summed E-state index contributed by atoms with van der Waals surface area (Å²) in [5.41, 5.74) is 1.46. The van der Waals surface area contributed by atoms with Gasteiger partial charge in [0.25, 0.3) is 5.91 Å². The summed E-state index contributed by atoms with van der Waals surface area (Å²) < 4.78 is 27.5. The highest BCUT2D eigenvalue weighted by Crippen LogP contribution is 2.34. The number of rotatable bonds is 7. The summed E-state index contributed by atoms with van der Waals surface area (Å²) in [6.07, 6.45) is 3.48. The van der Waals surface area contributed by atoms with Gasteiger partial charge in [-0.05, 0) is 49.9 Å². The average Bonchev–Trinajstić information content (AvgIpc) is 3.40. The molecule has 35 heavy (non-hydrogen) atoms. The molecule has 1 N–H and O–H groups in total. The molecular formula is C25H30N4O5S. The van der Waals surface area contributed by atoms with Gasteiger partial charge in [-0.1, -0.05) is 31.5 Å². The molecule has 1 aromatic carbocycles. The first-order valence-corrected chi connectivity index (χ1v) is 13.2. The molecule has 186 valence electrons. The van der Waals surface area contributed by atoms with E-state index in [0.717, 1.165) is 5.56 Å². The number of fused-ring (bicyclic) bond motifs is 1. The Bertz CT molecular complexity index is 1210. The fourth-order valence-corrected chi connectivity index (χ4v) is 6.41. The molecule has 0 radical (unpaired) electrons. The monoisotopic (exact) mass is 498 g/mol. The van der Waals surface area contributed by atoms with Gasteiger partial charge in [-0.15, -0.1) is 0 Å². The molecule has 2 saturated heterocycles. The summed E-state index contributed by atoms with van der Waals surface area (Å²) in [5, 5.41) is 2.84. The summed E-state index contributed by atoms with van der Waals surface area (Å²) >= 11 is 0. The maximum Gasteiger partial charge on any atom is 0.251 e. The van der Waals surface area contributed by atoms with Crippen LogP contribution in [-0.4, -0.2) is 71.4 Å². The molecule has 2 aliphatic heterocycles. The molecule has 9 nitrogen and oxygen atoms in total. The molecule has 2 fully saturated rings. The second-order valence-corrected chi connectivity index (χ2v) is 11.4. The number of pyridine rings is 1. The third-order valence-corrected chi connectivity index (χ3v) is 8.38. The lowest BCUT2D eigenvalue weighted by molar-refractivity contribution is -0.138. The Labute approximate surface area is 205 Å². The molecule has 3 atom stereocenters. The topological polar surface area (TPSA) is 117 Å². The van der Waals surface area contributed by atoms with Crippen LogP contribution in [0.3, 0.4) is 0 Å². The first-order valence-electron chi connectivity index (χ1n) is 11.7. The molecule has 2 aliphatic rings. The summed E-state index contributed by atoms with van der Waals surface area (Å²) in [6, 6.07) is 7.71. The van der Waals surface area contributed by atoms with Crippen molar-refractivity contribution in [3.8, 4) is 0 Å². The molecular weight excluding hydrogens is 468 g/mol. The molecule has 1 aromatic heterocycles. The minimum Gasteiger partial charge on any atom is -0.340 e. The third-order valence-electron chi connectivity index (χ3n) is 6.53. The second-order valence-electron chi connectivity index (χ2n) is 9.56. The fourth-order valence-electron chi connectivity index (χ4n) is 4.82. The van der Waals surface area contributed by atoms with Gasteiger partial charge in [-0.2, -0.15) is 4.31 Å². The van der Waals surface area contributed by atoms with Gasteiger partial charge in [0.15, 0.2) is 5.78 Å². The molecule has 0 bridgehead atoms. The van der Waals surface area contributed by atoms with Crippen molar-refractivity contribution in [3.05, 3.63) is 59.9 Å². The van der Waals surface area contributed by atoms with Crippen LogP contribution < -0.4 is 5.32 Å². The molecule has 2 amide bonds. The van der Waals surface area contributed by atoms with E-state index >= 15 is 0 Å². The standard InChI is InChI=1S/C25H30N4O5S/c1-16(2)13-20(27-24(31)18-8-6-17(3)7-9-18)25(32)28-12-10-21-23(28)22(30)15-29(21)35(33,34)19-5-4-11-26-14-19/h4-9,11,14,16,20-21,23H,10,12-13,15H2,1-3H3,(H,27,31). The van der Waals surface area contributed by atoms with E-state index < -0.39 is 28.1 Å². The van der Waals surface area contributed by atoms with Gasteiger partial charge in [0.05, 0.1) is 12.6 Å². The summed E-state index contributed by atoms with van der Waals surface area (Å²) in [6.45, 7) is 5.78. The number of carbonyl (C=O) groups is 3. The third kappa shape index (κ3) is 4.99. The highest BCUT2D eigenvalue weighted by atomic mass is 32.2. The summed E-state index contributed by atoms with van der Waals surface area (Å²) in [4.78, 5) is 44.8. The maximum atomic E-state index is 13.6. The first-order chi connectivity index (χ1) is 16.6. The van der Waals surface area contributed by atoms with Crippen LogP contribution in [0.5, 0.6) is 0 Å². The van der Waals surface area contributed by atoms with Crippen molar-refractivity contribution in [2.45, 2.75) is 56.6 Å². The SMILES string of the molecule is Cc1ccc(C(=O)NC(CC(C)C)C(=O)N2CCC3C2C(=O)CN3S(=O)(=O)c2cccnc2)cc1. The Kier molecular flexibility index (Phi) is 7.05. The number of ketones is 1. The largest absolute Gasteiger partial charge is 0.340 e. The highest BCUT2D eigenvalue weighted by Gasteiger charge is 2.54. The number of sulfonamides is 1. The van der Waals surface area contributed by atoms with Crippen LogP contribution >= 0.6 is 0 Å². The Balaban J connectivity index is 1.54. The highest BCUT2D eigenvalue weighted by molar-refractivity contribution is 7.89. The predicted molar refractivity (Wildman–Crippen MR) is 129 cm³/mol. The van der Waals surface area contributed by atoms with Gasteiger partial charge in [0.2, 0.25) is 15.9 Å². The van der Waals surface area contributed by atoms with Crippen molar-refractivity contribution in [2.75, 3.05) is 13.1 Å². The molecule has 0 saturated carbocycles. The Morgan fingerprint density at radius 1 is 1.17 bits per heavy atom. The zero-order valence-corrected chi connectivity index (χ0v) is 20.9. The quantitative estimate of drug-likeness (QED) is 0.622. The molecule has 2 aromatic rings. The van der Waals surface area contributed by atoms with Crippen LogP contribution in [0.4, 0.5) is 0 Å². The smallest absolute Gasteiger partial charge is 0.251 e. The molecule has 0 spiro atoms. The minimum atomic E-state index is -3.93. The lowest BCUT2D eigenvalue weighted by Gasteiger charge is -2.29. The molecule has 10 heteroatoms. The number of benzene rings is 1. The number of aryl methyl sites for hydroxylation is 1. The number of Topliss-reactive ketones (excluding diaryl/α,β-unsaturated/α-hetero) is 1. The van der Waals surface area contributed by atoms with Crippen molar-refractivity contribution in [3.63, 3.8) is 0 Å². The van der Waals surface area contributed by atoms with E-state index in [1.807, 2.05) is 32.9 Å². The van der Waals surface area contributed by atoms with E-state index in [0.29, 0.717) is 18.4 Å². The van der Waals surface area contributed by atoms with Crippen molar-refractivity contribution in [1.82, 2.24) is 19.5 Å². The van der Waals surface area contributed by atoms with Crippen molar-refractivity contribution in [1.29, 1.82) is 0 Å². The average molecular weight is 499 g/mol. The maximum absolute atomic E-state index is 13.6. The van der Waals surface area contributed by atoms with Crippen LogP contribution in [0.1, 0.15) is 42.6 Å². The number of carbonyl (C=O) groups excluding carboxylic acids is 3. The first kappa shape index (κ1) is 25.0. The number of amides is 2. The minimum absolute atomic E-state index is 0.0151. The summed E-state index contributed by atoms with van der Waals surface area (Å²) in [7, 11) is -3.93. The van der Waals surface area contributed by atoms with Gasteiger partial charge in [-0.25, -0.2) is 8.42 Å². The van der Waals surface area contributed by atoms with Crippen LogP contribution in [0.25, 0.3) is 0 Å². The van der Waals surface area contributed by atoms with E-state index in [1.165, 1.54) is 33.7 Å². The van der Waals surface area contributed by atoms with Crippen LogP contribution in [-0.2, 0) is 19.6 Å². The van der Waals surface area contributed by atoms with Crippen molar-refractivity contribution >= 4 is 27.6 Å². The van der Waals surface area contributed by atoms with E-state index in [2.05, 4.69) is 10.3 Å². The van der Waals surface area contributed by atoms with Gasteiger partial charge in [0.1, 0.15) is 17.0 Å². The number of hydrogen-bond donors (Lipinski definition) is 1. The second kappa shape index (κ2) is 9.87. The zero-order valence-electron chi connectivity index (χ0n) is 20.0. The Morgan fingerprint density at radius 2 is 1.89 bits per heavy atom. The molecule has 4 rings (SSSR count). The van der Waals surface area contributed by atoms with Gasteiger partial charge >= 0.3 is 0 Å². The number of aromatic nitrogens is 1. The van der Waals surface area contributed by atoms with Gasteiger partial charge < -0.3 is 10.2 Å². The van der Waals surface area contributed by atoms with E-state index in [1.54, 1.807) is 12.1 Å². The van der Waals surface area contributed by atoms with Gasteiger partial charge in [0, 0.05) is 24.5 Å². The number of nitrogens with one attached hydrogen (secondary N) is 1. The van der Waals surface area contributed by atoms with Crippen LogP contribution in [0.2, 0.25) is 0 Å². The zero-order chi connectivity index (χ0) is 25.3. The van der Waals surface area contributed by atoms with Crippen molar-refractivity contribution in [2.24, 2.45) is 5.92 Å². The molecule has 3 heterocycles. The van der Waals surface area contributed by atoms with E-state index in [-0.39, 0.29) is 41.5 Å². The lowest BCUT2D eigenvalue weighted by Crippen LogP contribution is -2.53. The lowest BCUT2D eigenvalue weighted by atomic mass is 10.0. The molecule has 3 unspecified atom stereocenters. The van der Waals surface area contributed by atoms with E-state index in [9.17, 15) is 22.8 Å². The van der Waals surface area contributed by atoms with Gasteiger partial charge in [-0.3, -0.25) is 19.4 Å². The van der Waals surface area contributed by atoms with Crippen LogP contribution in [0.15, 0.2) is 53.7 Å². The number of nitrogens with zero attached hydrogens (tertiary/aromatic N) is 3. The van der Waals surface area contributed by atoms with Crippen molar-refractivity contribution < 1.29 is 22.8 Å².